The number of ether oxygens (including phenoxy) is 1. The Morgan fingerprint density at radius 2 is 2.15 bits per heavy atom. The van der Waals surface area contributed by atoms with Crippen molar-refractivity contribution in [2.24, 2.45) is 11.7 Å². The molecule has 1 aromatic heterocycles. The standard InChI is InChI=1S/C15H26BrN3O/c1-4-19-14(15(16)10(3)18-19)9-12(17)6-11-7-13(8-11)20-5-2/h11-13H,4-9,17H2,1-3H3. The fraction of sp³-hybridized carbons (Fsp3) is 0.800. The van der Waals surface area contributed by atoms with Gasteiger partial charge in [-0.25, -0.2) is 0 Å². The van der Waals surface area contributed by atoms with E-state index in [9.17, 15) is 0 Å². The molecule has 0 aliphatic heterocycles. The van der Waals surface area contributed by atoms with Crippen molar-refractivity contribution in [3.63, 3.8) is 0 Å². The van der Waals surface area contributed by atoms with Crippen LogP contribution in [0.4, 0.5) is 0 Å². The van der Waals surface area contributed by atoms with Gasteiger partial charge in [-0.1, -0.05) is 0 Å². The van der Waals surface area contributed by atoms with Crippen molar-refractivity contribution in [3.8, 4) is 0 Å². The van der Waals surface area contributed by atoms with Gasteiger partial charge in [0.05, 0.1) is 22.0 Å². The monoisotopic (exact) mass is 343 g/mol. The number of hydrogen-bond donors (Lipinski definition) is 1. The van der Waals surface area contributed by atoms with Crippen LogP contribution in [0.1, 0.15) is 44.5 Å². The van der Waals surface area contributed by atoms with Crippen molar-refractivity contribution in [2.75, 3.05) is 6.61 Å². The maximum absolute atomic E-state index is 6.33. The van der Waals surface area contributed by atoms with Crippen LogP contribution in [0, 0.1) is 12.8 Å². The molecule has 1 unspecified atom stereocenters. The predicted molar refractivity (Wildman–Crippen MR) is 84.8 cm³/mol. The summed E-state index contributed by atoms with van der Waals surface area (Å²) in [5.41, 5.74) is 8.62. The van der Waals surface area contributed by atoms with Crippen LogP contribution < -0.4 is 5.73 Å². The summed E-state index contributed by atoms with van der Waals surface area (Å²) in [6, 6.07) is 0.209. The smallest absolute Gasteiger partial charge is 0.0738 e. The van der Waals surface area contributed by atoms with Crippen LogP contribution >= 0.6 is 15.9 Å². The molecule has 1 aliphatic rings. The number of nitrogens with zero attached hydrogens (tertiary/aromatic N) is 2. The molecular formula is C15H26BrN3O. The summed E-state index contributed by atoms with van der Waals surface area (Å²) in [6.45, 7) is 7.93. The maximum atomic E-state index is 6.33. The first-order valence-electron chi connectivity index (χ1n) is 7.64. The lowest BCUT2D eigenvalue weighted by atomic mass is 9.78. The van der Waals surface area contributed by atoms with E-state index >= 15 is 0 Å². The summed E-state index contributed by atoms with van der Waals surface area (Å²) >= 11 is 3.64. The normalized spacial score (nSPS) is 23.6. The molecule has 1 fully saturated rings. The third-order valence-corrected chi connectivity index (χ3v) is 5.17. The Kier molecular flexibility index (Phi) is 5.64. The molecule has 2 rings (SSSR count). The van der Waals surface area contributed by atoms with Crippen LogP contribution in [-0.4, -0.2) is 28.5 Å². The molecule has 1 aromatic rings. The molecule has 114 valence electrons. The molecule has 5 heteroatoms. The summed E-state index contributed by atoms with van der Waals surface area (Å²) in [6.07, 6.45) is 4.81. The van der Waals surface area contributed by atoms with E-state index in [1.807, 2.05) is 6.92 Å². The number of aryl methyl sites for hydroxylation is 2. The summed E-state index contributed by atoms with van der Waals surface area (Å²) in [5, 5.41) is 4.53. The Morgan fingerprint density at radius 1 is 1.45 bits per heavy atom. The second-order valence-corrected chi connectivity index (χ2v) is 6.57. The van der Waals surface area contributed by atoms with Crippen molar-refractivity contribution in [3.05, 3.63) is 15.9 Å². The number of aromatic nitrogens is 2. The Hall–Kier alpha value is -0.390. The quantitative estimate of drug-likeness (QED) is 0.827. The Labute approximate surface area is 130 Å². The largest absolute Gasteiger partial charge is 0.378 e. The van der Waals surface area contributed by atoms with Crippen molar-refractivity contribution in [1.29, 1.82) is 0 Å². The average Bonchev–Trinajstić information content (AvgIpc) is 2.64. The van der Waals surface area contributed by atoms with Crippen LogP contribution in [0.3, 0.4) is 0 Å². The van der Waals surface area contributed by atoms with Gasteiger partial charge in [-0.15, -0.1) is 0 Å². The van der Waals surface area contributed by atoms with E-state index in [1.165, 1.54) is 18.5 Å². The molecule has 1 saturated carbocycles. The van der Waals surface area contributed by atoms with E-state index in [0.717, 1.165) is 42.1 Å². The van der Waals surface area contributed by atoms with Crippen molar-refractivity contribution in [2.45, 2.75) is 65.1 Å². The second-order valence-electron chi connectivity index (χ2n) is 5.78. The molecule has 0 aromatic carbocycles. The van der Waals surface area contributed by atoms with Gasteiger partial charge in [-0.3, -0.25) is 4.68 Å². The van der Waals surface area contributed by atoms with Crippen LogP contribution in [0.15, 0.2) is 4.47 Å². The first-order chi connectivity index (χ1) is 9.55. The highest BCUT2D eigenvalue weighted by molar-refractivity contribution is 9.10. The minimum atomic E-state index is 0.209. The van der Waals surface area contributed by atoms with E-state index in [-0.39, 0.29) is 6.04 Å². The summed E-state index contributed by atoms with van der Waals surface area (Å²) in [7, 11) is 0. The summed E-state index contributed by atoms with van der Waals surface area (Å²) in [5.74, 6) is 0.736. The van der Waals surface area contributed by atoms with Gasteiger partial charge in [0.2, 0.25) is 0 Å². The molecule has 20 heavy (non-hydrogen) atoms. The van der Waals surface area contributed by atoms with Crippen LogP contribution in [0.25, 0.3) is 0 Å². The third kappa shape index (κ3) is 3.62. The predicted octanol–water partition coefficient (Wildman–Crippen LogP) is 3.05. The lowest BCUT2D eigenvalue weighted by Gasteiger charge is -2.36. The molecule has 1 aliphatic carbocycles. The van der Waals surface area contributed by atoms with Gasteiger partial charge >= 0.3 is 0 Å². The van der Waals surface area contributed by atoms with Gasteiger partial charge in [0.25, 0.3) is 0 Å². The van der Waals surface area contributed by atoms with Gasteiger partial charge in [-0.2, -0.15) is 5.10 Å². The fourth-order valence-corrected chi connectivity index (χ4v) is 3.51. The van der Waals surface area contributed by atoms with Crippen LogP contribution in [0.5, 0.6) is 0 Å². The van der Waals surface area contributed by atoms with Gasteiger partial charge in [0.1, 0.15) is 0 Å². The number of hydrogen-bond acceptors (Lipinski definition) is 3. The SMILES string of the molecule is CCOC1CC(CC(N)Cc2c(Br)c(C)nn2CC)C1. The van der Waals surface area contributed by atoms with Crippen LogP contribution in [-0.2, 0) is 17.7 Å². The number of rotatable bonds is 7. The Morgan fingerprint density at radius 3 is 2.75 bits per heavy atom. The van der Waals surface area contributed by atoms with E-state index in [0.29, 0.717) is 6.10 Å². The van der Waals surface area contributed by atoms with Crippen LogP contribution in [0.2, 0.25) is 0 Å². The van der Waals surface area contributed by atoms with Crippen molar-refractivity contribution < 1.29 is 4.74 Å². The van der Waals surface area contributed by atoms with Gasteiger partial charge in [-0.05, 0) is 61.9 Å². The fourth-order valence-electron chi connectivity index (χ4n) is 3.06. The molecular weight excluding hydrogens is 318 g/mol. The van der Waals surface area contributed by atoms with Crippen molar-refractivity contribution in [1.82, 2.24) is 9.78 Å². The minimum absolute atomic E-state index is 0.209. The highest BCUT2D eigenvalue weighted by Gasteiger charge is 2.31. The molecule has 0 amide bonds. The summed E-state index contributed by atoms with van der Waals surface area (Å²) < 4.78 is 8.78. The number of nitrogens with two attached hydrogens (primary N) is 1. The Balaban J connectivity index is 1.85. The lowest BCUT2D eigenvalue weighted by molar-refractivity contribution is -0.0281. The average molecular weight is 344 g/mol. The lowest BCUT2D eigenvalue weighted by Crippen LogP contribution is -2.36. The first kappa shape index (κ1) is 16.0. The highest BCUT2D eigenvalue weighted by atomic mass is 79.9. The topological polar surface area (TPSA) is 53.1 Å². The van der Waals surface area contributed by atoms with Gasteiger partial charge < -0.3 is 10.5 Å². The molecule has 1 heterocycles. The van der Waals surface area contributed by atoms with E-state index < -0.39 is 0 Å². The summed E-state index contributed by atoms with van der Waals surface area (Å²) in [4.78, 5) is 0. The molecule has 0 saturated heterocycles. The zero-order chi connectivity index (χ0) is 14.7. The zero-order valence-corrected chi connectivity index (χ0v) is 14.3. The Bertz CT molecular complexity index is 441. The first-order valence-corrected chi connectivity index (χ1v) is 8.43. The molecule has 0 radical (unpaired) electrons. The minimum Gasteiger partial charge on any atom is -0.378 e. The molecule has 2 N–H and O–H groups in total. The molecule has 0 spiro atoms. The second kappa shape index (κ2) is 7.05. The highest BCUT2D eigenvalue weighted by Crippen LogP contribution is 2.34. The van der Waals surface area contributed by atoms with Gasteiger partial charge in [0, 0.05) is 25.6 Å². The number of halogens is 1. The zero-order valence-electron chi connectivity index (χ0n) is 12.7. The molecule has 0 bridgehead atoms. The third-order valence-electron chi connectivity index (χ3n) is 4.14. The van der Waals surface area contributed by atoms with Gasteiger partial charge in [0.15, 0.2) is 0 Å². The van der Waals surface area contributed by atoms with Crippen molar-refractivity contribution >= 4 is 15.9 Å². The van der Waals surface area contributed by atoms with E-state index in [1.54, 1.807) is 0 Å². The molecule has 4 nitrogen and oxygen atoms in total. The van der Waals surface area contributed by atoms with E-state index in [4.69, 9.17) is 10.5 Å². The molecule has 1 atom stereocenters. The maximum Gasteiger partial charge on any atom is 0.0738 e. The van der Waals surface area contributed by atoms with E-state index in [2.05, 4.69) is 39.6 Å².